The number of sulfone groups is 1. The van der Waals surface area contributed by atoms with Crippen LogP contribution in [0, 0.1) is 17.4 Å². The fourth-order valence-electron chi connectivity index (χ4n) is 1.16. The first kappa shape index (κ1) is 9.00. The Labute approximate surface area is 70.3 Å². The molecule has 0 radical (unpaired) electrons. The van der Waals surface area contributed by atoms with Gasteiger partial charge in [0.2, 0.25) is 5.91 Å². The third-order valence-corrected chi connectivity index (χ3v) is 3.55. The average molecular weight is 188 g/mol. The van der Waals surface area contributed by atoms with Gasteiger partial charge < -0.3 is 0 Å². The molecule has 66 valence electrons. The molecule has 0 aromatic carbocycles. The van der Waals surface area contributed by atoms with E-state index in [1.54, 1.807) is 0 Å². The minimum Gasteiger partial charge on any atom is -0.274 e. The Bertz CT molecular complexity index is 327. The number of amides is 1. The van der Waals surface area contributed by atoms with E-state index in [9.17, 15) is 13.2 Å². The molecule has 0 aromatic heterocycles. The van der Waals surface area contributed by atoms with Crippen LogP contribution in [0.5, 0.6) is 0 Å². The third-order valence-electron chi connectivity index (χ3n) is 1.78. The maximum atomic E-state index is 10.9. The lowest BCUT2D eigenvalue weighted by molar-refractivity contribution is -0.123. The van der Waals surface area contributed by atoms with E-state index in [1.165, 1.54) is 6.19 Å². The number of carbonyl (C=O) groups is 1. The Hall–Kier alpha value is -1.09. The molecule has 5 nitrogen and oxygen atoms in total. The van der Waals surface area contributed by atoms with Crippen LogP contribution in [0.1, 0.15) is 6.42 Å². The molecule has 1 N–H and O–H groups in total. The van der Waals surface area contributed by atoms with Crippen molar-refractivity contribution >= 4 is 15.7 Å². The number of hydrogen-bond donors (Lipinski definition) is 1. The summed E-state index contributed by atoms with van der Waals surface area (Å²) >= 11 is 0. The predicted molar refractivity (Wildman–Crippen MR) is 40.5 cm³/mol. The first-order valence-corrected chi connectivity index (χ1v) is 5.26. The highest BCUT2D eigenvalue weighted by atomic mass is 32.2. The summed E-state index contributed by atoms with van der Waals surface area (Å²) in [6, 6.07) is 0. The molecule has 1 saturated heterocycles. The molecule has 0 aromatic rings. The van der Waals surface area contributed by atoms with Crippen molar-refractivity contribution in [3.05, 3.63) is 0 Å². The molecule has 1 amide bonds. The lowest BCUT2D eigenvalue weighted by Crippen LogP contribution is -2.27. The summed E-state index contributed by atoms with van der Waals surface area (Å²) in [4.78, 5) is 10.9. The number of nitriles is 1. The number of nitrogens with one attached hydrogen (secondary N) is 1. The minimum atomic E-state index is -3.03. The van der Waals surface area contributed by atoms with E-state index < -0.39 is 21.7 Å². The molecular weight excluding hydrogens is 180 g/mol. The zero-order valence-electron chi connectivity index (χ0n) is 6.28. The van der Waals surface area contributed by atoms with Gasteiger partial charge in [-0.25, -0.2) is 8.42 Å². The summed E-state index contributed by atoms with van der Waals surface area (Å²) in [6.45, 7) is 0. The second-order valence-corrected chi connectivity index (χ2v) is 4.93. The highest BCUT2D eigenvalue weighted by molar-refractivity contribution is 7.91. The van der Waals surface area contributed by atoms with Gasteiger partial charge in [0.15, 0.2) is 16.0 Å². The van der Waals surface area contributed by atoms with Gasteiger partial charge in [0.25, 0.3) is 0 Å². The van der Waals surface area contributed by atoms with Crippen molar-refractivity contribution in [2.45, 2.75) is 6.42 Å². The van der Waals surface area contributed by atoms with Crippen LogP contribution >= 0.6 is 0 Å². The molecule has 0 saturated carbocycles. The van der Waals surface area contributed by atoms with Crippen LogP contribution in [-0.4, -0.2) is 25.8 Å². The first-order valence-electron chi connectivity index (χ1n) is 3.44. The van der Waals surface area contributed by atoms with Gasteiger partial charge >= 0.3 is 0 Å². The van der Waals surface area contributed by atoms with Crippen LogP contribution < -0.4 is 5.32 Å². The van der Waals surface area contributed by atoms with Gasteiger partial charge in [0.05, 0.1) is 17.4 Å². The largest absolute Gasteiger partial charge is 0.274 e. The molecule has 1 aliphatic rings. The summed E-state index contributed by atoms with van der Waals surface area (Å²) in [5.41, 5.74) is 0. The van der Waals surface area contributed by atoms with Crippen molar-refractivity contribution in [2.75, 3.05) is 11.5 Å². The van der Waals surface area contributed by atoms with Crippen molar-refractivity contribution in [3.8, 4) is 6.19 Å². The van der Waals surface area contributed by atoms with Crippen molar-refractivity contribution in [2.24, 2.45) is 5.92 Å². The molecular formula is C6H8N2O3S. The molecule has 1 rings (SSSR count). The van der Waals surface area contributed by atoms with Gasteiger partial charge in [0.1, 0.15) is 0 Å². The van der Waals surface area contributed by atoms with E-state index in [0.717, 1.165) is 0 Å². The minimum absolute atomic E-state index is 0.0521. The van der Waals surface area contributed by atoms with Crippen LogP contribution in [0.25, 0.3) is 0 Å². The smallest absolute Gasteiger partial charge is 0.237 e. The van der Waals surface area contributed by atoms with Gasteiger partial charge in [-0.2, -0.15) is 5.26 Å². The Kier molecular flexibility index (Phi) is 2.33. The second kappa shape index (κ2) is 3.11. The SMILES string of the molecule is N#CNC(=O)C1CCS(=O)(=O)C1. The van der Waals surface area contributed by atoms with E-state index >= 15 is 0 Å². The van der Waals surface area contributed by atoms with E-state index in [-0.39, 0.29) is 11.5 Å². The molecule has 1 heterocycles. The number of nitrogens with zero attached hydrogens (tertiary/aromatic N) is 1. The summed E-state index contributed by atoms with van der Waals surface area (Å²) < 4.78 is 21.8. The van der Waals surface area contributed by atoms with Gasteiger partial charge in [0, 0.05) is 0 Å². The quantitative estimate of drug-likeness (QED) is 0.423. The van der Waals surface area contributed by atoms with Crippen molar-refractivity contribution in [1.29, 1.82) is 5.26 Å². The average Bonchev–Trinajstić information content (AvgIpc) is 2.31. The molecule has 6 heteroatoms. The normalized spacial score (nSPS) is 26.1. The number of hydrogen-bond acceptors (Lipinski definition) is 4. The summed E-state index contributed by atoms with van der Waals surface area (Å²) in [5.74, 6) is -1.09. The Morgan fingerprint density at radius 3 is 2.67 bits per heavy atom. The summed E-state index contributed by atoms with van der Waals surface area (Å²) in [6.07, 6.45) is 1.81. The van der Waals surface area contributed by atoms with Gasteiger partial charge in [-0.3, -0.25) is 10.1 Å². The second-order valence-electron chi connectivity index (χ2n) is 2.70. The molecule has 1 unspecified atom stereocenters. The maximum absolute atomic E-state index is 10.9. The van der Waals surface area contributed by atoms with E-state index in [2.05, 4.69) is 0 Å². The monoisotopic (exact) mass is 188 g/mol. The molecule has 0 bridgehead atoms. The van der Waals surface area contributed by atoms with Crippen LogP contribution in [0.3, 0.4) is 0 Å². The van der Waals surface area contributed by atoms with Crippen LogP contribution in [0.2, 0.25) is 0 Å². The first-order chi connectivity index (χ1) is 5.55. The van der Waals surface area contributed by atoms with E-state index in [4.69, 9.17) is 5.26 Å². The predicted octanol–water partition coefficient (Wildman–Crippen LogP) is -0.982. The Balaban J connectivity index is 2.60. The maximum Gasteiger partial charge on any atom is 0.237 e. The molecule has 12 heavy (non-hydrogen) atoms. The Morgan fingerprint density at radius 1 is 1.58 bits per heavy atom. The topological polar surface area (TPSA) is 87.0 Å². The molecule has 1 aliphatic heterocycles. The lowest BCUT2D eigenvalue weighted by atomic mass is 10.1. The standard InChI is InChI=1S/C6H8N2O3S/c7-4-8-6(9)5-1-2-12(10,11)3-5/h5H,1-3H2,(H,8,9). The van der Waals surface area contributed by atoms with Gasteiger partial charge in [-0.05, 0) is 6.42 Å². The fraction of sp³-hybridized carbons (Fsp3) is 0.667. The zero-order chi connectivity index (χ0) is 9.19. The zero-order valence-corrected chi connectivity index (χ0v) is 7.10. The Morgan fingerprint density at radius 2 is 2.25 bits per heavy atom. The van der Waals surface area contributed by atoms with Crippen LogP contribution in [0.15, 0.2) is 0 Å². The highest BCUT2D eigenvalue weighted by Gasteiger charge is 2.32. The lowest BCUT2D eigenvalue weighted by Gasteiger charge is -2.01. The van der Waals surface area contributed by atoms with Crippen molar-refractivity contribution in [3.63, 3.8) is 0 Å². The fourth-order valence-corrected chi connectivity index (χ4v) is 2.90. The highest BCUT2D eigenvalue weighted by Crippen LogP contribution is 2.17. The third kappa shape index (κ3) is 1.95. The van der Waals surface area contributed by atoms with Gasteiger partial charge in [-0.15, -0.1) is 0 Å². The number of rotatable bonds is 1. The molecule has 0 aliphatic carbocycles. The number of carbonyl (C=O) groups excluding carboxylic acids is 1. The van der Waals surface area contributed by atoms with E-state index in [0.29, 0.717) is 6.42 Å². The van der Waals surface area contributed by atoms with Crippen molar-refractivity contribution < 1.29 is 13.2 Å². The van der Waals surface area contributed by atoms with Crippen molar-refractivity contribution in [1.82, 2.24) is 5.32 Å². The van der Waals surface area contributed by atoms with Gasteiger partial charge in [-0.1, -0.05) is 0 Å². The van der Waals surface area contributed by atoms with Crippen LogP contribution in [0.4, 0.5) is 0 Å². The van der Waals surface area contributed by atoms with E-state index in [1.807, 2.05) is 5.32 Å². The molecule has 1 atom stereocenters. The summed E-state index contributed by atoms with van der Waals surface area (Å²) in [7, 11) is -3.03. The van der Waals surface area contributed by atoms with Crippen LogP contribution in [-0.2, 0) is 14.6 Å². The molecule has 1 fully saturated rings. The molecule has 0 spiro atoms. The summed E-state index contributed by atoms with van der Waals surface area (Å²) in [5, 5.41) is 10.0.